The van der Waals surface area contributed by atoms with Crippen molar-refractivity contribution in [2.75, 3.05) is 12.4 Å². The number of aromatic nitrogens is 2. The summed E-state index contributed by atoms with van der Waals surface area (Å²) in [7, 11) is 1.96. The van der Waals surface area contributed by atoms with E-state index in [0.29, 0.717) is 0 Å². The second-order valence-corrected chi connectivity index (χ2v) is 5.89. The summed E-state index contributed by atoms with van der Waals surface area (Å²) in [5, 5.41) is 3.27. The Morgan fingerprint density at radius 1 is 1.00 bits per heavy atom. The van der Waals surface area contributed by atoms with Gasteiger partial charge in [0.15, 0.2) is 0 Å². The lowest BCUT2D eigenvalue weighted by Crippen LogP contribution is -2.09. The van der Waals surface area contributed by atoms with Crippen molar-refractivity contribution in [2.24, 2.45) is 0 Å². The summed E-state index contributed by atoms with van der Waals surface area (Å²) < 4.78 is 0. The molecule has 0 spiro atoms. The van der Waals surface area contributed by atoms with E-state index in [9.17, 15) is 0 Å². The van der Waals surface area contributed by atoms with E-state index in [2.05, 4.69) is 36.5 Å². The van der Waals surface area contributed by atoms with E-state index in [1.54, 1.807) is 0 Å². The molecule has 1 aliphatic carbocycles. The predicted molar refractivity (Wildman–Crippen MR) is 86.8 cm³/mol. The lowest BCUT2D eigenvalue weighted by molar-refractivity contribution is 0.708. The van der Waals surface area contributed by atoms with Crippen LogP contribution in [0.3, 0.4) is 0 Å². The topological polar surface area (TPSA) is 37.8 Å². The van der Waals surface area contributed by atoms with Crippen LogP contribution >= 0.6 is 0 Å². The van der Waals surface area contributed by atoms with Gasteiger partial charge in [-0.15, -0.1) is 0 Å². The number of aryl methyl sites for hydroxylation is 2. The Labute approximate surface area is 126 Å². The molecule has 1 aromatic heterocycles. The third-order valence-corrected chi connectivity index (χ3v) is 4.20. The molecule has 0 bridgehead atoms. The molecular weight excluding hydrogens is 258 g/mol. The molecule has 0 atom stereocenters. The lowest BCUT2D eigenvalue weighted by Gasteiger charge is -2.13. The summed E-state index contributed by atoms with van der Waals surface area (Å²) in [5.41, 5.74) is 5.16. The molecule has 3 nitrogen and oxygen atoms in total. The fraction of sp³-hybridized carbons (Fsp3) is 0.444. The van der Waals surface area contributed by atoms with E-state index in [-0.39, 0.29) is 0 Å². The Morgan fingerprint density at radius 3 is 2.52 bits per heavy atom. The highest BCUT2D eigenvalue weighted by Gasteiger charge is 2.16. The van der Waals surface area contributed by atoms with Crippen LogP contribution in [0.5, 0.6) is 0 Å². The van der Waals surface area contributed by atoms with Crippen LogP contribution in [-0.4, -0.2) is 17.0 Å². The van der Waals surface area contributed by atoms with Gasteiger partial charge in [0.25, 0.3) is 0 Å². The molecule has 110 valence electrons. The first-order chi connectivity index (χ1) is 10.3. The van der Waals surface area contributed by atoms with Gasteiger partial charge in [0, 0.05) is 24.7 Å². The molecule has 21 heavy (non-hydrogen) atoms. The molecule has 1 N–H and O–H groups in total. The van der Waals surface area contributed by atoms with Gasteiger partial charge >= 0.3 is 0 Å². The van der Waals surface area contributed by atoms with Crippen LogP contribution < -0.4 is 5.32 Å². The van der Waals surface area contributed by atoms with Crippen molar-refractivity contribution in [1.29, 1.82) is 0 Å². The van der Waals surface area contributed by atoms with Gasteiger partial charge in [0.05, 0.1) is 0 Å². The Balaban J connectivity index is 1.92. The highest BCUT2D eigenvalue weighted by Crippen LogP contribution is 2.25. The molecule has 0 saturated heterocycles. The molecule has 0 fully saturated rings. The van der Waals surface area contributed by atoms with Crippen molar-refractivity contribution in [1.82, 2.24) is 9.97 Å². The first-order valence-corrected chi connectivity index (χ1v) is 7.88. The van der Waals surface area contributed by atoms with Crippen molar-refractivity contribution in [3.05, 3.63) is 52.5 Å². The van der Waals surface area contributed by atoms with E-state index in [4.69, 9.17) is 9.97 Å². The monoisotopic (exact) mass is 281 g/mol. The molecule has 0 aliphatic heterocycles. The number of benzene rings is 1. The number of anilines is 1. The highest BCUT2D eigenvalue weighted by molar-refractivity contribution is 5.47. The third-order valence-electron chi connectivity index (χ3n) is 4.20. The molecule has 0 amide bonds. The molecule has 1 aliphatic rings. The van der Waals surface area contributed by atoms with Crippen molar-refractivity contribution in [2.45, 2.75) is 45.4 Å². The van der Waals surface area contributed by atoms with Gasteiger partial charge in [0.1, 0.15) is 11.6 Å². The Bertz CT molecular complexity index is 617. The minimum Gasteiger partial charge on any atom is -0.373 e. The second-order valence-electron chi connectivity index (χ2n) is 5.89. The first-order valence-electron chi connectivity index (χ1n) is 7.88. The molecule has 1 heterocycles. The maximum Gasteiger partial charge on any atom is 0.135 e. The summed E-state index contributed by atoms with van der Waals surface area (Å²) in [6.07, 6.45) is 6.80. The van der Waals surface area contributed by atoms with E-state index in [0.717, 1.165) is 30.9 Å². The zero-order valence-corrected chi connectivity index (χ0v) is 12.9. The number of hydrogen-bond donors (Lipinski definition) is 1. The average Bonchev–Trinajstić information content (AvgIpc) is 2.74. The van der Waals surface area contributed by atoms with Crippen LogP contribution in [0.4, 0.5) is 5.82 Å². The first kappa shape index (κ1) is 14.1. The minimum atomic E-state index is 0.808. The average molecular weight is 281 g/mol. The SMILES string of the molecule is CNc1nc(Cc2ccc(C)cc2)nc2c1CCCCC2. The molecule has 0 unspecified atom stereocenters. The minimum absolute atomic E-state index is 0.808. The number of hydrogen-bond acceptors (Lipinski definition) is 3. The summed E-state index contributed by atoms with van der Waals surface area (Å²) in [4.78, 5) is 9.59. The van der Waals surface area contributed by atoms with Gasteiger partial charge < -0.3 is 5.32 Å². The van der Waals surface area contributed by atoms with Gasteiger partial charge in [-0.2, -0.15) is 0 Å². The van der Waals surface area contributed by atoms with Gasteiger partial charge in [0.2, 0.25) is 0 Å². The molecule has 3 rings (SSSR count). The Morgan fingerprint density at radius 2 is 1.76 bits per heavy atom. The van der Waals surface area contributed by atoms with Crippen molar-refractivity contribution >= 4 is 5.82 Å². The normalized spacial score (nSPS) is 14.4. The molecule has 0 radical (unpaired) electrons. The Hall–Kier alpha value is -1.90. The van der Waals surface area contributed by atoms with E-state index >= 15 is 0 Å². The molecule has 1 aromatic carbocycles. The smallest absolute Gasteiger partial charge is 0.135 e. The van der Waals surface area contributed by atoms with Gasteiger partial charge in [-0.3, -0.25) is 0 Å². The zero-order valence-electron chi connectivity index (χ0n) is 12.9. The van der Waals surface area contributed by atoms with Crippen LogP contribution in [0.25, 0.3) is 0 Å². The number of fused-ring (bicyclic) bond motifs is 1. The van der Waals surface area contributed by atoms with Crippen LogP contribution in [0, 0.1) is 6.92 Å². The largest absolute Gasteiger partial charge is 0.373 e. The maximum atomic E-state index is 4.85. The lowest BCUT2D eigenvalue weighted by atomic mass is 10.1. The standard InChI is InChI=1S/C18H23N3/c1-13-8-10-14(11-9-13)12-17-20-16-7-5-3-4-6-15(16)18(19-2)21-17/h8-11H,3-7,12H2,1-2H3,(H,19,20,21). The highest BCUT2D eigenvalue weighted by atomic mass is 15.0. The number of nitrogens with zero attached hydrogens (tertiary/aromatic N) is 2. The number of rotatable bonds is 3. The molecule has 0 saturated carbocycles. The van der Waals surface area contributed by atoms with Crippen LogP contribution in [0.1, 0.15) is 47.5 Å². The van der Waals surface area contributed by atoms with E-state index in [1.807, 2.05) is 7.05 Å². The number of nitrogens with one attached hydrogen (secondary N) is 1. The fourth-order valence-electron chi connectivity index (χ4n) is 3.00. The van der Waals surface area contributed by atoms with Crippen LogP contribution in [-0.2, 0) is 19.3 Å². The summed E-state index contributed by atoms with van der Waals surface area (Å²) in [6, 6.07) is 8.64. The van der Waals surface area contributed by atoms with Gasteiger partial charge in [-0.05, 0) is 38.2 Å². The Kier molecular flexibility index (Phi) is 4.18. The zero-order chi connectivity index (χ0) is 14.7. The van der Waals surface area contributed by atoms with Crippen molar-refractivity contribution in [3.63, 3.8) is 0 Å². The van der Waals surface area contributed by atoms with Crippen molar-refractivity contribution < 1.29 is 0 Å². The van der Waals surface area contributed by atoms with Crippen LogP contribution in [0.15, 0.2) is 24.3 Å². The van der Waals surface area contributed by atoms with Crippen LogP contribution in [0.2, 0.25) is 0 Å². The predicted octanol–water partition coefficient (Wildman–Crippen LogP) is 3.69. The van der Waals surface area contributed by atoms with Gasteiger partial charge in [-0.1, -0.05) is 36.2 Å². The van der Waals surface area contributed by atoms with E-state index in [1.165, 1.54) is 41.6 Å². The van der Waals surface area contributed by atoms with Crippen molar-refractivity contribution in [3.8, 4) is 0 Å². The van der Waals surface area contributed by atoms with E-state index < -0.39 is 0 Å². The maximum absolute atomic E-state index is 4.85. The summed E-state index contributed by atoms with van der Waals surface area (Å²) >= 11 is 0. The summed E-state index contributed by atoms with van der Waals surface area (Å²) in [6.45, 7) is 2.11. The van der Waals surface area contributed by atoms with Gasteiger partial charge in [-0.25, -0.2) is 9.97 Å². The second kappa shape index (κ2) is 6.25. The quantitative estimate of drug-likeness (QED) is 0.872. The third kappa shape index (κ3) is 3.23. The summed E-state index contributed by atoms with van der Waals surface area (Å²) in [5.74, 6) is 1.97. The molecule has 3 heteroatoms. The molecule has 2 aromatic rings. The molecular formula is C18H23N3. The fourth-order valence-corrected chi connectivity index (χ4v) is 3.00.